The van der Waals surface area contributed by atoms with Gasteiger partial charge in [0.05, 0.1) is 14.2 Å². The molecule has 8 heteroatoms. The number of carbonyl (C=O) groups excluding carboxylic acids is 2. The molecule has 0 aliphatic carbocycles. The third-order valence-electron chi connectivity index (χ3n) is 3.32. The zero-order valence-electron chi connectivity index (χ0n) is 12.9. The smallest absolute Gasteiger partial charge is 0.364 e. The second kappa shape index (κ2) is 8.40. The fraction of sp³-hybridized carbons (Fsp3) is 0.333. The quantitative estimate of drug-likeness (QED) is 0.546. The normalized spacial score (nSPS) is 11.4. The van der Waals surface area contributed by atoms with E-state index >= 15 is 0 Å². The highest BCUT2D eigenvalue weighted by Gasteiger charge is 2.20. The summed E-state index contributed by atoms with van der Waals surface area (Å²) in [5.74, 6) is -0.247. The first-order valence-electron chi connectivity index (χ1n) is 6.75. The summed E-state index contributed by atoms with van der Waals surface area (Å²) in [4.78, 5) is 25.7. The number of hydrogen-bond acceptors (Lipinski definition) is 5. The summed E-state index contributed by atoms with van der Waals surface area (Å²) in [7, 11) is 2.65. The molecule has 1 atom stereocenters. The molecule has 126 valence electrons. The number of nitrogens with one attached hydrogen (secondary N) is 1. The predicted molar refractivity (Wildman–Crippen MR) is 78.2 cm³/mol. The number of methoxy groups -OCH3 is 2. The Morgan fingerprint density at radius 1 is 1.26 bits per heavy atom. The number of benzene rings is 1. The van der Waals surface area contributed by atoms with Crippen LogP contribution in [0.2, 0.25) is 0 Å². The highest BCUT2D eigenvalue weighted by molar-refractivity contribution is 5.85. The number of hydrogen-bond donors (Lipinski definition) is 2. The highest BCUT2D eigenvalue weighted by atomic mass is 35.5. The molecule has 1 heterocycles. The number of halogens is 1. The van der Waals surface area contributed by atoms with E-state index in [1.54, 1.807) is 6.07 Å². The van der Waals surface area contributed by atoms with E-state index in [1.165, 1.54) is 14.2 Å². The monoisotopic (exact) mass is 342 g/mol. The lowest BCUT2D eigenvalue weighted by molar-refractivity contribution is -0.407. The van der Waals surface area contributed by atoms with Gasteiger partial charge in [-0.3, -0.25) is 0 Å². The molecule has 7 nitrogen and oxygen atoms in total. The molecule has 0 saturated heterocycles. The van der Waals surface area contributed by atoms with Crippen LogP contribution in [0.1, 0.15) is 5.56 Å². The van der Waals surface area contributed by atoms with Gasteiger partial charge in [0.2, 0.25) is 0 Å². The van der Waals surface area contributed by atoms with Crippen LogP contribution in [0.4, 0.5) is 0 Å². The van der Waals surface area contributed by atoms with Crippen LogP contribution in [-0.2, 0) is 25.5 Å². The van der Waals surface area contributed by atoms with Crippen molar-refractivity contribution in [1.82, 2.24) is 4.98 Å². The summed E-state index contributed by atoms with van der Waals surface area (Å²) < 4.78 is 14.6. The van der Waals surface area contributed by atoms with E-state index in [4.69, 9.17) is 4.74 Å². The summed E-state index contributed by atoms with van der Waals surface area (Å²) in [5.41, 5.74) is 5.65. The van der Waals surface area contributed by atoms with Crippen molar-refractivity contribution in [3.8, 4) is 5.75 Å². The van der Waals surface area contributed by atoms with Gasteiger partial charge in [0.15, 0.2) is 12.6 Å². The van der Waals surface area contributed by atoms with Crippen LogP contribution in [0.25, 0.3) is 10.9 Å². The zero-order valence-corrected chi connectivity index (χ0v) is 13.7. The van der Waals surface area contributed by atoms with Gasteiger partial charge in [-0.05, 0) is 23.8 Å². The maximum atomic E-state index is 11.5. The Kier molecular flexibility index (Phi) is 6.87. The van der Waals surface area contributed by atoms with E-state index in [9.17, 15) is 9.59 Å². The highest BCUT2D eigenvalue weighted by Crippen LogP contribution is 2.24. The summed E-state index contributed by atoms with van der Waals surface area (Å²) in [6.45, 7) is -0.151. The average molecular weight is 343 g/mol. The van der Waals surface area contributed by atoms with E-state index < -0.39 is 12.0 Å². The Bertz CT molecular complexity index is 686. The fourth-order valence-corrected chi connectivity index (χ4v) is 2.13. The average Bonchev–Trinajstić information content (AvgIpc) is 2.93. The number of rotatable bonds is 6. The van der Waals surface area contributed by atoms with Gasteiger partial charge < -0.3 is 37.3 Å². The minimum atomic E-state index is -0.483. The Morgan fingerprint density at radius 3 is 2.65 bits per heavy atom. The lowest BCUT2D eigenvalue weighted by Crippen LogP contribution is -3.00. The Hall–Kier alpha value is -2.25. The summed E-state index contributed by atoms with van der Waals surface area (Å²) in [5, 5.41) is 0.917. The Labute approximate surface area is 139 Å². The first-order chi connectivity index (χ1) is 10.5. The third kappa shape index (κ3) is 4.61. The standard InChI is InChI=1S/C15H18N2O5.ClH/c1-20-14(18)8-22-10-3-4-13-11(6-10)9(7-17-13)5-12(16)15(19)21-2;/h3-4,6-7,12,17H,5,8,16H2,1-2H3;1H. The van der Waals surface area contributed by atoms with Gasteiger partial charge in [0.25, 0.3) is 0 Å². The van der Waals surface area contributed by atoms with Crippen molar-refractivity contribution < 1.29 is 41.9 Å². The number of fused-ring (bicyclic) bond motifs is 1. The molecule has 0 aliphatic rings. The van der Waals surface area contributed by atoms with Gasteiger partial charge in [-0.25, -0.2) is 9.59 Å². The molecule has 0 amide bonds. The van der Waals surface area contributed by atoms with Crippen LogP contribution in [-0.4, -0.2) is 43.8 Å². The summed E-state index contributed by atoms with van der Waals surface area (Å²) in [6.07, 6.45) is 2.28. The number of carbonyl (C=O) groups is 2. The molecule has 0 saturated carbocycles. The maximum absolute atomic E-state index is 11.5. The number of esters is 2. The summed E-state index contributed by atoms with van der Waals surface area (Å²) >= 11 is 0. The van der Waals surface area contributed by atoms with E-state index in [-0.39, 0.29) is 25.0 Å². The van der Waals surface area contributed by atoms with Crippen molar-refractivity contribution in [2.75, 3.05) is 20.8 Å². The fourth-order valence-electron chi connectivity index (χ4n) is 2.13. The van der Waals surface area contributed by atoms with Crippen molar-refractivity contribution in [1.29, 1.82) is 0 Å². The topological polar surface area (TPSA) is 105 Å². The number of aromatic amines is 1. The van der Waals surface area contributed by atoms with Crippen LogP contribution < -0.4 is 22.9 Å². The lowest BCUT2D eigenvalue weighted by Gasteiger charge is -2.07. The number of ether oxygens (including phenoxy) is 3. The molecule has 0 fully saturated rings. The minimum absolute atomic E-state index is 0. The molecule has 2 aromatic rings. The van der Waals surface area contributed by atoms with Gasteiger partial charge in [0, 0.05) is 23.5 Å². The van der Waals surface area contributed by atoms with Crippen molar-refractivity contribution in [3.05, 3.63) is 30.0 Å². The van der Waals surface area contributed by atoms with Crippen molar-refractivity contribution in [3.63, 3.8) is 0 Å². The minimum Gasteiger partial charge on any atom is -1.00 e. The molecule has 1 aromatic carbocycles. The zero-order chi connectivity index (χ0) is 16.1. The molecule has 1 unspecified atom stereocenters. The van der Waals surface area contributed by atoms with Crippen LogP contribution in [0.5, 0.6) is 5.75 Å². The summed E-state index contributed by atoms with van der Waals surface area (Å²) in [6, 6.07) is 4.94. The largest absolute Gasteiger partial charge is 1.00 e. The molecule has 2 rings (SSSR count). The van der Waals surface area contributed by atoms with Crippen LogP contribution in [0.3, 0.4) is 0 Å². The Morgan fingerprint density at radius 2 is 2.00 bits per heavy atom. The Balaban J connectivity index is 0.00000264. The lowest BCUT2D eigenvalue weighted by atomic mass is 10.1. The molecule has 0 aliphatic heterocycles. The van der Waals surface area contributed by atoms with E-state index in [0.717, 1.165) is 16.5 Å². The predicted octanol–water partition coefficient (Wildman–Crippen LogP) is -2.95. The molecular formula is C15H19ClN2O5. The van der Waals surface area contributed by atoms with Crippen LogP contribution >= 0.6 is 0 Å². The second-order valence-electron chi connectivity index (χ2n) is 4.81. The van der Waals surface area contributed by atoms with Gasteiger partial charge in [-0.2, -0.15) is 0 Å². The molecule has 1 aromatic heterocycles. The number of quaternary nitrogens is 1. The van der Waals surface area contributed by atoms with Gasteiger partial charge in [-0.15, -0.1) is 0 Å². The number of aromatic nitrogens is 1. The van der Waals surface area contributed by atoms with Crippen LogP contribution in [0.15, 0.2) is 24.4 Å². The molecule has 0 bridgehead atoms. The molecule has 23 heavy (non-hydrogen) atoms. The van der Waals surface area contributed by atoms with E-state index in [1.807, 2.05) is 18.3 Å². The first kappa shape index (κ1) is 18.8. The molecular weight excluding hydrogens is 324 g/mol. The van der Waals surface area contributed by atoms with Gasteiger partial charge >= 0.3 is 11.9 Å². The van der Waals surface area contributed by atoms with Gasteiger partial charge in [-0.1, -0.05) is 0 Å². The first-order valence-corrected chi connectivity index (χ1v) is 6.75. The van der Waals surface area contributed by atoms with Crippen molar-refractivity contribution in [2.24, 2.45) is 0 Å². The van der Waals surface area contributed by atoms with Crippen molar-refractivity contribution in [2.45, 2.75) is 12.5 Å². The third-order valence-corrected chi connectivity index (χ3v) is 3.32. The van der Waals surface area contributed by atoms with Crippen LogP contribution in [0, 0.1) is 0 Å². The molecule has 0 radical (unpaired) electrons. The van der Waals surface area contributed by atoms with E-state index in [2.05, 4.69) is 20.2 Å². The van der Waals surface area contributed by atoms with E-state index in [0.29, 0.717) is 12.2 Å². The van der Waals surface area contributed by atoms with Gasteiger partial charge in [0.1, 0.15) is 5.75 Å². The second-order valence-corrected chi connectivity index (χ2v) is 4.81. The van der Waals surface area contributed by atoms with Crippen molar-refractivity contribution >= 4 is 22.8 Å². The maximum Gasteiger partial charge on any atom is 0.364 e. The number of H-pyrrole nitrogens is 1. The molecule has 4 N–H and O–H groups in total. The molecule has 0 spiro atoms. The SMILES string of the molecule is COC(=O)COc1ccc2[nH]cc(CC([NH3+])C(=O)OC)c2c1.[Cl-].